The predicted octanol–water partition coefficient (Wildman–Crippen LogP) is 1.61. The standard InChI is InChI=1S/C12H15Cl2N3O2/c1-15-11(18)6-17(2)7-12(19)16-8-3-4-9(13)10(14)5-8/h3-5H,6-7H2,1-2H3,(H,15,18)(H,16,19). The maximum Gasteiger partial charge on any atom is 0.238 e. The van der Waals surface area contributed by atoms with Gasteiger partial charge in [0.2, 0.25) is 11.8 Å². The summed E-state index contributed by atoms with van der Waals surface area (Å²) in [4.78, 5) is 24.5. The molecule has 0 saturated heterocycles. The SMILES string of the molecule is CNC(=O)CN(C)CC(=O)Nc1ccc(Cl)c(Cl)c1. The van der Waals surface area contributed by atoms with Crippen LogP contribution in [0.4, 0.5) is 5.69 Å². The van der Waals surface area contributed by atoms with Crippen LogP contribution in [0.25, 0.3) is 0 Å². The number of carbonyl (C=O) groups excluding carboxylic acids is 2. The Kier molecular flexibility index (Phi) is 6.08. The van der Waals surface area contributed by atoms with Crippen molar-refractivity contribution in [1.29, 1.82) is 0 Å². The Balaban J connectivity index is 2.50. The summed E-state index contributed by atoms with van der Waals surface area (Å²) in [6, 6.07) is 4.83. The molecule has 7 heteroatoms. The van der Waals surface area contributed by atoms with Crippen LogP contribution >= 0.6 is 23.2 Å². The Morgan fingerprint density at radius 1 is 1.16 bits per heavy atom. The highest BCUT2D eigenvalue weighted by Gasteiger charge is 2.10. The van der Waals surface area contributed by atoms with E-state index < -0.39 is 0 Å². The van der Waals surface area contributed by atoms with Gasteiger partial charge in [0.15, 0.2) is 0 Å². The zero-order valence-corrected chi connectivity index (χ0v) is 12.2. The van der Waals surface area contributed by atoms with Crippen molar-refractivity contribution in [3.63, 3.8) is 0 Å². The minimum atomic E-state index is -0.232. The summed E-state index contributed by atoms with van der Waals surface area (Å²) in [6.07, 6.45) is 0. The average molecular weight is 304 g/mol. The lowest BCUT2D eigenvalue weighted by molar-refractivity contribution is -0.122. The summed E-state index contributed by atoms with van der Waals surface area (Å²) < 4.78 is 0. The summed E-state index contributed by atoms with van der Waals surface area (Å²) in [5.74, 6) is -0.380. The quantitative estimate of drug-likeness (QED) is 0.869. The van der Waals surface area contributed by atoms with Gasteiger partial charge in [0, 0.05) is 12.7 Å². The number of halogens is 2. The van der Waals surface area contributed by atoms with Crippen molar-refractivity contribution >= 4 is 40.7 Å². The topological polar surface area (TPSA) is 61.4 Å². The van der Waals surface area contributed by atoms with E-state index in [0.29, 0.717) is 15.7 Å². The lowest BCUT2D eigenvalue weighted by Crippen LogP contribution is -2.37. The van der Waals surface area contributed by atoms with Crippen molar-refractivity contribution in [2.45, 2.75) is 0 Å². The zero-order chi connectivity index (χ0) is 14.4. The lowest BCUT2D eigenvalue weighted by atomic mass is 10.3. The molecule has 2 N–H and O–H groups in total. The Hall–Kier alpha value is -1.30. The highest BCUT2D eigenvalue weighted by molar-refractivity contribution is 6.42. The molecular formula is C12H15Cl2N3O2. The predicted molar refractivity (Wildman–Crippen MR) is 76.7 cm³/mol. The van der Waals surface area contributed by atoms with Crippen molar-refractivity contribution in [1.82, 2.24) is 10.2 Å². The third kappa shape index (κ3) is 5.46. The third-order valence-corrected chi connectivity index (χ3v) is 3.05. The first-order chi connectivity index (χ1) is 8.92. The van der Waals surface area contributed by atoms with Gasteiger partial charge in [0.1, 0.15) is 0 Å². The minimum absolute atomic E-state index is 0.105. The molecule has 1 aromatic rings. The van der Waals surface area contributed by atoms with Crippen molar-refractivity contribution < 1.29 is 9.59 Å². The van der Waals surface area contributed by atoms with E-state index in [9.17, 15) is 9.59 Å². The summed E-state index contributed by atoms with van der Waals surface area (Å²) in [5, 5.41) is 5.97. The van der Waals surface area contributed by atoms with Gasteiger partial charge in [-0.15, -0.1) is 0 Å². The smallest absolute Gasteiger partial charge is 0.238 e. The molecule has 19 heavy (non-hydrogen) atoms. The Labute approximate surface area is 121 Å². The maximum absolute atomic E-state index is 11.7. The average Bonchev–Trinajstić information content (AvgIpc) is 2.33. The molecule has 0 radical (unpaired) electrons. The molecule has 0 fully saturated rings. The molecule has 0 spiro atoms. The van der Waals surface area contributed by atoms with Gasteiger partial charge in [0.05, 0.1) is 23.1 Å². The molecule has 2 amide bonds. The molecule has 0 aromatic heterocycles. The van der Waals surface area contributed by atoms with Crippen LogP contribution < -0.4 is 10.6 Å². The van der Waals surface area contributed by atoms with E-state index in [0.717, 1.165) is 0 Å². The van der Waals surface area contributed by atoms with E-state index >= 15 is 0 Å². The van der Waals surface area contributed by atoms with Crippen LogP contribution in [0.15, 0.2) is 18.2 Å². The Bertz CT molecular complexity index is 480. The fraction of sp³-hybridized carbons (Fsp3) is 0.333. The molecule has 1 aromatic carbocycles. The van der Waals surface area contributed by atoms with Gasteiger partial charge in [-0.25, -0.2) is 0 Å². The normalized spacial score (nSPS) is 10.4. The molecular weight excluding hydrogens is 289 g/mol. The molecule has 0 bridgehead atoms. The number of benzene rings is 1. The number of carbonyl (C=O) groups is 2. The highest BCUT2D eigenvalue weighted by Crippen LogP contribution is 2.24. The molecule has 0 aliphatic carbocycles. The number of rotatable bonds is 5. The van der Waals surface area contributed by atoms with Gasteiger partial charge in [0.25, 0.3) is 0 Å². The molecule has 0 aliphatic rings. The van der Waals surface area contributed by atoms with Crippen LogP contribution in [0, 0.1) is 0 Å². The van der Waals surface area contributed by atoms with Crippen LogP contribution in [0.1, 0.15) is 0 Å². The van der Waals surface area contributed by atoms with Crippen molar-refractivity contribution in [3.05, 3.63) is 28.2 Å². The van der Waals surface area contributed by atoms with Gasteiger partial charge >= 0.3 is 0 Å². The highest BCUT2D eigenvalue weighted by atomic mass is 35.5. The second-order valence-electron chi connectivity index (χ2n) is 4.02. The largest absolute Gasteiger partial charge is 0.358 e. The van der Waals surface area contributed by atoms with Crippen molar-refractivity contribution in [2.75, 3.05) is 32.5 Å². The van der Waals surface area contributed by atoms with Gasteiger partial charge in [-0.3, -0.25) is 14.5 Å². The molecule has 0 atom stereocenters. The monoisotopic (exact) mass is 303 g/mol. The first kappa shape index (κ1) is 15.8. The molecule has 104 valence electrons. The zero-order valence-electron chi connectivity index (χ0n) is 10.7. The second-order valence-corrected chi connectivity index (χ2v) is 4.84. The van der Waals surface area contributed by atoms with Crippen LogP contribution in [0.2, 0.25) is 10.0 Å². The molecule has 5 nitrogen and oxygen atoms in total. The number of nitrogens with one attached hydrogen (secondary N) is 2. The van der Waals surface area contributed by atoms with Crippen molar-refractivity contribution in [3.8, 4) is 0 Å². The summed E-state index contributed by atoms with van der Waals surface area (Å²) >= 11 is 11.6. The first-order valence-corrected chi connectivity index (χ1v) is 6.32. The van der Waals surface area contributed by atoms with E-state index in [2.05, 4.69) is 10.6 Å². The summed E-state index contributed by atoms with van der Waals surface area (Å²) in [6.45, 7) is 0.263. The van der Waals surface area contributed by atoms with E-state index in [4.69, 9.17) is 23.2 Å². The fourth-order valence-corrected chi connectivity index (χ4v) is 1.70. The number of anilines is 1. The number of amides is 2. The second kappa shape index (κ2) is 7.33. The lowest BCUT2D eigenvalue weighted by Gasteiger charge is -2.15. The van der Waals surface area contributed by atoms with Crippen LogP contribution in [0.3, 0.4) is 0 Å². The van der Waals surface area contributed by atoms with Gasteiger partial charge in [-0.1, -0.05) is 23.2 Å². The third-order valence-electron chi connectivity index (χ3n) is 2.31. The van der Waals surface area contributed by atoms with E-state index in [1.54, 1.807) is 37.2 Å². The van der Waals surface area contributed by atoms with Gasteiger partial charge in [-0.2, -0.15) is 0 Å². The van der Waals surface area contributed by atoms with Crippen LogP contribution in [-0.2, 0) is 9.59 Å². The van der Waals surface area contributed by atoms with Crippen LogP contribution in [0.5, 0.6) is 0 Å². The number of hydrogen-bond acceptors (Lipinski definition) is 3. The Morgan fingerprint density at radius 3 is 2.37 bits per heavy atom. The molecule has 0 unspecified atom stereocenters. The number of nitrogens with zero attached hydrogens (tertiary/aromatic N) is 1. The molecule has 1 rings (SSSR count). The van der Waals surface area contributed by atoms with Gasteiger partial charge < -0.3 is 10.6 Å². The molecule has 0 aliphatic heterocycles. The first-order valence-electron chi connectivity index (χ1n) is 5.56. The minimum Gasteiger partial charge on any atom is -0.358 e. The molecule has 0 saturated carbocycles. The number of hydrogen-bond donors (Lipinski definition) is 2. The van der Waals surface area contributed by atoms with E-state index in [-0.39, 0.29) is 24.9 Å². The fourth-order valence-electron chi connectivity index (χ4n) is 1.40. The van der Waals surface area contributed by atoms with Gasteiger partial charge in [-0.05, 0) is 25.2 Å². The molecule has 0 heterocycles. The van der Waals surface area contributed by atoms with Crippen molar-refractivity contribution in [2.24, 2.45) is 0 Å². The number of likely N-dealkylation sites (N-methyl/N-ethyl adjacent to an activating group) is 2. The summed E-state index contributed by atoms with van der Waals surface area (Å²) in [7, 11) is 3.23. The van der Waals surface area contributed by atoms with E-state index in [1.165, 1.54) is 0 Å². The van der Waals surface area contributed by atoms with E-state index in [1.807, 2.05) is 0 Å². The van der Waals surface area contributed by atoms with Crippen LogP contribution in [-0.4, -0.2) is 43.9 Å². The maximum atomic E-state index is 11.7. The summed E-state index contributed by atoms with van der Waals surface area (Å²) in [5.41, 5.74) is 0.563. The Morgan fingerprint density at radius 2 is 1.79 bits per heavy atom.